The highest BCUT2D eigenvalue weighted by Crippen LogP contribution is 2.19. The van der Waals surface area contributed by atoms with E-state index < -0.39 is 0 Å². The molecular formula is C22H24N4O2. The summed E-state index contributed by atoms with van der Waals surface area (Å²) in [4.78, 5) is 14.9. The van der Waals surface area contributed by atoms with Crippen molar-refractivity contribution in [1.82, 2.24) is 10.2 Å². The molecule has 0 radical (unpaired) electrons. The number of hydrogen-bond donors (Lipinski definition) is 2. The Bertz CT molecular complexity index is 913. The van der Waals surface area contributed by atoms with Crippen LogP contribution in [0.2, 0.25) is 0 Å². The fraction of sp³-hybridized carbons (Fsp3) is 0.273. The second-order valence-corrected chi connectivity index (χ2v) is 6.77. The molecule has 3 N–H and O–H groups in total. The van der Waals surface area contributed by atoms with Crippen molar-refractivity contribution in [2.75, 3.05) is 20.2 Å². The Morgan fingerprint density at radius 1 is 1.25 bits per heavy atom. The number of ether oxygens (including phenoxy) is 1. The molecule has 0 fully saturated rings. The first-order chi connectivity index (χ1) is 13.6. The molecule has 3 rings (SSSR count). The lowest BCUT2D eigenvalue weighted by Crippen LogP contribution is -2.39. The van der Waals surface area contributed by atoms with Gasteiger partial charge in [-0.3, -0.25) is 9.69 Å². The summed E-state index contributed by atoms with van der Waals surface area (Å²) in [6.45, 7) is 2.40. The summed E-state index contributed by atoms with van der Waals surface area (Å²) in [5.41, 5.74) is 10.1. The number of carbonyl (C=O) groups is 1. The van der Waals surface area contributed by atoms with Gasteiger partial charge in [-0.25, -0.2) is 0 Å². The number of para-hydroxylation sites is 1. The van der Waals surface area contributed by atoms with Gasteiger partial charge in [-0.2, -0.15) is 5.26 Å². The minimum Gasteiger partial charge on any atom is -0.496 e. The molecule has 1 heterocycles. The number of nitrogens with one attached hydrogen (secondary N) is 1. The van der Waals surface area contributed by atoms with Gasteiger partial charge in [-0.15, -0.1) is 0 Å². The van der Waals surface area contributed by atoms with E-state index in [4.69, 9.17) is 15.7 Å². The van der Waals surface area contributed by atoms with Crippen molar-refractivity contribution >= 4 is 5.91 Å². The number of nitrogens with zero attached hydrogens (tertiary/aromatic N) is 2. The van der Waals surface area contributed by atoms with E-state index in [1.54, 1.807) is 7.11 Å². The first-order valence-electron chi connectivity index (χ1n) is 9.19. The number of carbonyl (C=O) groups excluding carboxylic acids is 1. The Morgan fingerprint density at radius 3 is 2.71 bits per heavy atom. The summed E-state index contributed by atoms with van der Waals surface area (Å²) < 4.78 is 5.33. The molecule has 0 saturated heterocycles. The van der Waals surface area contributed by atoms with Crippen molar-refractivity contribution in [2.45, 2.75) is 19.5 Å². The van der Waals surface area contributed by atoms with Gasteiger partial charge in [0.15, 0.2) is 0 Å². The SMILES string of the molecule is COc1ccccc1CNC(=O)C1=C(N)CCN(Cc2ccc(C#N)cc2)C1. The average molecular weight is 376 g/mol. The van der Waals surface area contributed by atoms with Gasteiger partial charge < -0.3 is 15.8 Å². The average Bonchev–Trinajstić information content (AvgIpc) is 2.74. The van der Waals surface area contributed by atoms with E-state index in [9.17, 15) is 4.79 Å². The number of nitrogens with two attached hydrogens (primary N) is 1. The lowest BCUT2D eigenvalue weighted by Gasteiger charge is -2.29. The third-order valence-electron chi connectivity index (χ3n) is 4.86. The molecule has 1 aliphatic heterocycles. The number of nitriles is 1. The van der Waals surface area contributed by atoms with Crippen LogP contribution in [0.3, 0.4) is 0 Å². The highest BCUT2D eigenvalue weighted by Gasteiger charge is 2.22. The third kappa shape index (κ3) is 4.70. The monoisotopic (exact) mass is 376 g/mol. The molecule has 1 aliphatic rings. The molecule has 0 atom stereocenters. The Morgan fingerprint density at radius 2 is 2.00 bits per heavy atom. The summed E-state index contributed by atoms with van der Waals surface area (Å²) in [5.74, 6) is 0.601. The third-order valence-corrected chi connectivity index (χ3v) is 4.86. The topological polar surface area (TPSA) is 91.4 Å². The van der Waals surface area contributed by atoms with E-state index in [2.05, 4.69) is 16.3 Å². The molecule has 0 unspecified atom stereocenters. The van der Waals surface area contributed by atoms with Crippen LogP contribution < -0.4 is 15.8 Å². The molecule has 2 aromatic rings. The van der Waals surface area contributed by atoms with Gasteiger partial charge in [0.05, 0.1) is 18.7 Å². The lowest BCUT2D eigenvalue weighted by molar-refractivity contribution is -0.118. The van der Waals surface area contributed by atoms with Crippen molar-refractivity contribution in [3.8, 4) is 11.8 Å². The maximum atomic E-state index is 12.7. The quantitative estimate of drug-likeness (QED) is 0.807. The number of rotatable bonds is 6. The molecule has 28 heavy (non-hydrogen) atoms. The number of hydrogen-bond acceptors (Lipinski definition) is 5. The Balaban J connectivity index is 1.62. The normalized spacial score (nSPS) is 14.4. The zero-order valence-electron chi connectivity index (χ0n) is 15.9. The van der Waals surface area contributed by atoms with Crippen molar-refractivity contribution < 1.29 is 9.53 Å². The van der Waals surface area contributed by atoms with Crippen LogP contribution in [0.5, 0.6) is 5.75 Å². The summed E-state index contributed by atoms with van der Waals surface area (Å²) in [5, 5.41) is 11.9. The maximum Gasteiger partial charge on any atom is 0.250 e. The smallest absolute Gasteiger partial charge is 0.250 e. The van der Waals surface area contributed by atoms with E-state index in [1.165, 1.54) is 0 Å². The number of methoxy groups -OCH3 is 1. The van der Waals surface area contributed by atoms with E-state index in [1.807, 2.05) is 48.5 Å². The minimum absolute atomic E-state index is 0.145. The second kappa shape index (κ2) is 9.07. The molecule has 1 amide bonds. The Hall–Kier alpha value is -3.30. The van der Waals surface area contributed by atoms with Crippen molar-refractivity contribution in [2.24, 2.45) is 5.73 Å². The van der Waals surface area contributed by atoms with Gasteiger partial charge in [0.1, 0.15) is 5.75 Å². The molecule has 0 bridgehead atoms. The lowest BCUT2D eigenvalue weighted by atomic mass is 10.0. The van der Waals surface area contributed by atoms with Crippen LogP contribution in [0.25, 0.3) is 0 Å². The molecular weight excluding hydrogens is 352 g/mol. The zero-order valence-corrected chi connectivity index (χ0v) is 15.9. The van der Waals surface area contributed by atoms with Gasteiger partial charge >= 0.3 is 0 Å². The number of benzene rings is 2. The molecule has 0 spiro atoms. The van der Waals surface area contributed by atoms with Crippen LogP contribution >= 0.6 is 0 Å². The summed E-state index contributed by atoms with van der Waals surface area (Å²) in [6, 6.07) is 17.2. The molecule has 0 aromatic heterocycles. The molecule has 6 heteroatoms. The van der Waals surface area contributed by atoms with Gasteiger partial charge in [-0.1, -0.05) is 30.3 Å². The van der Waals surface area contributed by atoms with Crippen molar-refractivity contribution in [3.05, 3.63) is 76.5 Å². The highest BCUT2D eigenvalue weighted by molar-refractivity contribution is 5.94. The fourth-order valence-electron chi connectivity index (χ4n) is 3.26. The predicted molar refractivity (Wildman–Crippen MR) is 107 cm³/mol. The fourth-order valence-corrected chi connectivity index (χ4v) is 3.26. The minimum atomic E-state index is -0.145. The molecule has 0 aliphatic carbocycles. The van der Waals surface area contributed by atoms with Crippen molar-refractivity contribution in [1.29, 1.82) is 5.26 Å². The van der Waals surface area contributed by atoms with E-state index in [0.717, 1.165) is 23.4 Å². The first kappa shape index (κ1) is 19.5. The summed E-state index contributed by atoms with van der Waals surface area (Å²) >= 11 is 0. The van der Waals surface area contributed by atoms with Crippen LogP contribution in [0.4, 0.5) is 0 Å². The van der Waals surface area contributed by atoms with Crippen LogP contribution in [-0.4, -0.2) is 31.0 Å². The van der Waals surface area contributed by atoms with Crippen LogP contribution in [-0.2, 0) is 17.9 Å². The van der Waals surface area contributed by atoms with Crippen molar-refractivity contribution in [3.63, 3.8) is 0 Å². The predicted octanol–water partition coefficient (Wildman–Crippen LogP) is 2.30. The van der Waals surface area contributed by atoms with Gasteiger partial charge in [0, 0.05) is 49.4 Å². The molecule has 6 nitrogen and oxygen atoms in total. The number of amides is 1. The Labute approximate surface area is 165 Å². The van der Waals surface area contributed by atoms with Gasteiger partial charge in [0.2, 0.25) is 0 Å². The van der Waals surface area contributed by atoms with Crippen LogP contribution in [0.1, 0.15) is 23.1 Å². The van der Waals surface area contributed by atoms with Gasteiger partial charge in [0.25, 0.3) is 5.91 Å². The van der Waals surface area contributed by atoms with E-state index >= 15 is 0 Å². The first-order valence-corrected chi connectivity index (χ1v) is 9.19. The van der Waals surface area contributed by atoms with Gasteiger partial charge in [-0.05, 0) is 23.8 Å². The highest BCUT2D eigenvalue weighted by atomic mass is 16.5. The van der Waals surface area contributed by atoms with Crippen LogP contribution in [0.15, 0.2) is 59.8 Å². The Kier molecular flexibility index (Phi) is 6.30. The standard InChI is InChI=1S/C22H24N4O2/c1-28-21-5-3-2-4-18(21)13-25-22(27)19-15-26(11-10-20(19)24)14-17-8-6-16(12-23)7-9-17/h2-9H,10-11,13-15,24H2,1H3,(H,25,27). The molecule has 144 valence electrons. The second-order valence-electron chi connectivity index (χ2n) is 6.77. The summed E-state index contributed by atoms with van der Waals surface area (Å²) in [6.07, 6.45) is 0.660. The summed E-state index contributed by atoms with van der Waals surface area (Å²) in [7, 11) is 1.61. The zero-order chi connectivity index (χ0) is 19.9. The molecule has 2 aromatic carbocycles. The van der Waals surface area contributed by atoms with E-state index in [-0.39, 0.29) is 5.91 Å². The molecule has 0 saturated carbocycles. The maximum absolute atomic E-state index is 12.7. The van der Waals surface area contributed by atoms with E-state index in [0.29, 0.717) is 42.9 Å². The largest absolute Gasteiger partial charge is 0.496 e. The van der Waals surface area contributed by atoms with Crippen LogP contribution in [0, 0.1) is 11.3 Å².